The van der Waals surface area contributed by atoms with E-state index < -0.39 is 0 Å². The van der Waals surface area contributed by atoms with Crippen molar-refractivity contribution in [2.45, 2.75) is 25.8 Å². The van der Waals surface area contributed by atoms with Gasteiger partial charge in [0.1, 0.15) is 11.5 Å². The van der Waals surface area contributed by atoms with Crippen molar-refractivity contribution in [2.24, 2.45) is 0 Å². The molecule has 5 nitrogen and oxygen atoms in total. The van der Waals surface area contributed by atoms with Crippen molar-refractivity contribution in [1.82, 2.24) is 14.3 Å². The molecule has 2 aromatic carbocycles. The van der Waals surface area contributed by atoms with Crippen LogP contribution in [0.25, 0.3) is 0 Å². The van der Waals surface area contributed by atoms with E-state index in [0.717, 1.165) is 43.9 Å². The van der Waals surface area contributed by atoms with Gasteiger partial charge in [-0.15, -0.1) is 0 Å². The van der Waals surface area contributed by atoms with E-state index >= 15 is 0 Å². The van der Waals surface area contributed by atoms with Crippen LogP contribution in [0, 0.1) is 0 Å². The highest BCUT2D eigenvalue weighted by atomic mass is 33.1. The van der Waals surface area contributed by atoms with Crippen molar-refractivity contribution in [1.29, 1.82) is 0 Å². The molecule has 1 aliphatic rings. The highest BCUT2D eigenvalue weighted by molar-refractivity contribution is 8.75. The first-order valence-corrected chi connectivity index (χ1v) is 12.6. The monoisotopic (exact) mass is 439 g/mol. The fraction of sp³-hybridized carbons (Fsp3) is 0.304. The van der Waals surface area contributed by atoms with Crippen LogP contribution in [-0.4, -0.2) is 33.7 Å². The van der Waals surface area contributed by atoms with Gasteiger partial charge in [-0.05, 0) is 83.5 Å². The lowest BCUT2D eigenvalue weighted by Gasteiger charge is -2.26. The topological polar surface area (TPSA) is 47.5 Å². The summed E-state index contributed by atoms with van der Waals surface area (Å²) in [7, 11) is 3.64. The fourth-order valence-corrected chi connectivity index (χ4v) is 4.98. The Labute approximate surface area is 185 Å². The summed E-state index contributed by atoms with van der Waals surface area (Å²) in [5, 5.41) is 0. The third-order valence-corrected chi connectivity index (χ3v) is 6.64. The maximum absolute atomic E-state index is 6.01. The number of hydrogen-bond acceptors (Lipinski definition) is 7. The van der Waals surface area contributed by atoms with Crippen LogP contribution in [0.5, 0.6) is 17.5 Å². The molecule has 0 bridgehead atoms. The van der Waals surface area contributed by atoms with Crippen LogP contribution in [-0.2, 0) is 19.4 Å². The zero-order valence-corrected chi connectivity index (χ0v) is 18.6. The van der Waals surface area contributed by atoms with Crippen LogP contribution >= 0.6 is 21.8 Å². The number of rotatable bonds is 9. The van der Waals surface area contributed by atoms with E-state index in [4.69, 9.17) is 9.47 Å². The molecule has 0 saturated heterocycles. The normalized spacial score (nSPS) is 13.6. The molecular weight excluding hydrogens is 414 g/mol. The summed E-state index contributed by atoms with van der Waals surface area (Å²) in [6.45, 7) is 2.82. The van der Waals surface area contributed by atoms with Crippen molar-refractivity contribution < 1.29 is 9.47 Å². The largest absolute Gasteiger partial charge is 0.494 e. The van der Waals surface area contributed by atoms with Gasteiger partial charge in [-0.2, -0.15) is 0 Å². The third kappa shape index (κ3) is 5.90. The molecule has 0 radical (unpaired) electrons. The number of benzene rings is 2. The molecule has 7 heteroatoms. The van der Waals surface area contributed by atoms with E-state index in [1.54, 1.807) is 29.3 Å². The van der Waals surface area contributed by atoms with Gasteiger partial charge in [-0.25, -0.2) is 14.3 Å². The molecule has 3 aromatic rings. The summed E-state index contributed by atoms with van der Waals surface area (Å²) in [5.74, 6) is 1.72. The van der Waals surface area contributed by atoms with Crippen LogP contribution < -0.4 is 9.47 Å². The maximum atomic E-state index is 6.01. The zero-order valence-electron chi connectivity index (χ0n) is 17.0. The number of aromatic nitrogens is 2. The van der Waals surface area contributed by atoms with E-state index in [9.17, 15) is 0 Å². The molecule has 0 spiro atoms. The second kappa shape index (κ2) is 10.7. The fourth-order valence-electron chi connectivity index (χ4n) is 3.40. The van der Waals surface area contributed by atoms with Crippen molar-refractivity contribution in [3.05, 3.63) is 77.6 Å². The molecule has 0 N–H and O–H groups in total. The van der Waals surface area contributed by atoms with E-state index in [2.05, 4.69) is 50.9 Å². The molecule has 4 rings (SSSR count). The zero-order chi connectivity index (χ0) is 20.6. The Morgan fingerprint density at radius 1 is 1.00 bits per heavy atom. The summed E-state index contributed by atoms with van der Waals surface area (Å²) in [4.78, 5) is 8.14. The maximum Gasteiger partial charge on any atom is 0.321 e. The first-order valence-electron chi connectivity index (χ1n) is 10.0. The SMILES string of the molecule is CSSN1CCc2cc(OCCCc3ccc(Oc4ncccn4)cc3)ccc2C1. The molecule has 1 aromatic heterocycles. The molecule has 0 saturated carbocycles. The summed E-state index contributed by atoms with van der Waals surface area (Å²) in [6.07, 6.45) is 8.48. The Hall–Kier alpha value is -2.22. The van der Waals surface area contributed by atoms with Crippen molar-refractivity contribution in [3.8, 4) is 17.5 Å². The Morgan fingerprint density at radius 3 is 2.60 bits per heavy atom. The van der Waals surface area contributed by atoms with Gasteiger partial charge in [0, 0.05) is 25.5 Å². The molecule has 0 unspecified atom stereocenters. The van der Waals surface area contributed by atoms with Crippen molar-refractivity contribution >= 4 is 21.8 Å². The number of ether oxygens (including phenoxy) is 2. The van der Waals surface area contributed by atoms with E-state index in [-0.39, 0.29) is 0 Å². The minimum absolute atomic E-state index is 0.361. The third-order valence-electron chi connectivity index (χ3n) is 4.89. The van der Waals surface area contributed by atoms with E-state index in [1.165, 1.54) is 16.7 Å². The van der Waals surface area contributed by atoms with Gasteiger partial charge in [0.25, 0.3) is 0 Å². The minimum Gasteiger partial charge on any atom is -0.494 e. The Bertz CT molecular complexity index is 939. The predicted molar refractivity (Wildman–Crippen MR) is 124 cm³/mol. The van der Waals surface area contributed by atoms with Crippen LogP contribution in [0.4, 0.5) is 0 Å². The molecule has 0 amide bonds. The minimum atomic E-state index is 0.361. The van der Waals surface area contributed by atoms with E-state index in [0.29, 0.717) is 12.6 Å². The molecule has 1 aliphatic heterocycles. The summed E-state index contributed by atoms with van der Waals surface area (Å²) >= 11 is 0. The molecule has 156 valence electrons. The van der Waals surface area contributed by atoms with E-state index in [1.807, 2.05) is 23.1 Å². The van der Waals surface area contributed by atoms with Crippen LogP contribution in [0.15, 0.2) is 60.9 Å². The van der Waals surface area contributed by atoms with Gasteiger partial charge >= 0.3 is 6.01 Å². The average Bonchev–Trinajstić information content (AvgIpc) is 2.79. The predicted octanol–water partition coefficient (Wildman–Crippen LogP) is 5.56. The lowest BCUT2D eigenvalue weighted by atomic mass is 10.0. The van der Waals surface area contributed by atoms with Gasteiger partial charge in [0.2, 0.25) is 0 Å². The molecule has 0 fully saturated rings. The first kappa shape index (κ1) is 21.0. The smallest absolute Gasteiger partial charge is 0.321 e. The van der Waals surface area contributed by atoms with Gasteiger partial charge < -0.3 is 9.47 Å². The van der Waals surface area contributed by atoms with Crippen LogP contribution in [0.3, 0.4) is 0 Å². The molecule has 0 aliphatic carbocycles. The number of fused-ring (bicyclic) bond motifs is 1. The molecule has 2 heterocycles. The Morgan fingerprint density at radius 2 is 1.80 bits per heavy atom. The standard InChI is InChI=1S/C23H25N3O2S2/c1-29-30-26-14-11-19-16-22(10-7-20(19)17-26)27-15-2-4-18-5-8-21(9-6-18)28-23-24-12-3-13-25-23/h3,5-10,12-13,16H,2,4,11,14-15,17H2,1H3. The first-order chi connectivity index (χ1) is 14.8. The van der Waals surface area contributed by atoms with Gasteiger partial charge in [-0.3, -0.25) is 0 Å². The Kier molecular flexibility index (Phi) is 7.50. The number of nitrogens with zero attached hydrogens (tertiary/aromatic N) is 3. The lowest BCUT2D eigenvalue weighted by molar-refractivity contribution is 0.310. The van der Waals surface area contributed by atoms with Gasteiger partial charge in [-0.1, -0.05) is 29.0 Å². The Balaban J connectivity index is 1.22. The summed E-state index contributed by atoms with van der Waals surface area (Å²) in [5.41, 5.74) is 4.10. The average molecular weight is 440 g/mol. The van der Waals surface area contributed by atoms with Crippen molar-refractivity contribution in [3.63, 3.8) is 0 Å². The quantitative estimate of drug-likeness (QED) is 0.246. The van der Waals surface area contributed by atoms with Crippen LogP contribution in [0.1, 0.15) is 23.1 Å². The molecular formula is C23H25N3O2S2. The highest BCUT2D eigenvalue weighted by Crippen LogP contribution is 2.31. The summed E-state index contributed by atoms with van der Waals surface area (Å²) < 4.78 is 14.1. The number of hydrogen-bond donors (Lipinski definition) is 0. The highest BCUT2D eigenvalue weighted by Gasteiger charge is 2.17. The second-order valence-electron chi connectivity index (χ2n) is 7.01. The molecule has 0 atom stereocenters. The van der Waals surface area contributed by atoms with Crippen LogP contribution in [0.2, 0.25) is 0 Å². The lowest BCUT2D eigenvalue weighted by Crippen LogP contribution is -2.23. The van der Waals surface area contributed by atoms with Crippen molar-refractivity contribution in [2.75, 3.05) is 19.4 Å². The summed E-state index contributed by atoms with van der Waals surface area (Å²) in [6, 6.07) is 16.7. The molecule has 30 heavy (non-hydrogen) atoms. The van der Waals surface area contributed by atoms with Gasteiger partial charge in [0.15, 0.2) is 0 Å². The second-order valence-corrected chi connectivity index (χ2v) is 9.46. The van der Waals surface area contributed by atoms with Gasteiger partial charge in [0.05, 0.1) is 6.61 Å². The number of aryl methyl sites for hydroxylation is 1.